The summed E-state index contributed by atoms with van der Waals surface area (Å²) in [7, 11) is 0. The molecule has 0 bridgehead atoms. The van der Waals surface area contributed by atoms with Crippen LogP contribution >= 0.6 is 11.8 Å². The van der Waals surface area contributed by atoms with Gasteiger partial charge in [-0.3, -0.25) is 4.79 Å². The minimum Gasteiger partial charge on any atom is -0.337 e. The summed E-state index contributed by atoms with van der Waals surface area (Å²) in [5.41, 5.74) is 4.01. The van der Waals surface area contributed by atoms with E-state index in [1.54, 1.807) is 0 Å². The van der Waals surface area contributed by atoms with Crippen LogP contribution in [0.5, 0.6) is 0 Å². The number of aromatic nitrogens is 2. The molecular formula is C14H17N3OS. The van der Waals surface area contributed by atoms with Crippen LogP contribution < -0.4 is 5.32 Å². The third kappa shape index (κ3) is 3.86. The quantitative estimate of drug-likeness (QED) is 0.843. The van der Waals surface area contributed by atoms with Crippen molar-refractivity contribution in [3.05, 3.63) is 41.2 Å². The van der Waals surface area contributed by atoms with E-state index in [9.17, 15) is 4.79 Å². The molecule has 2 aromatic rings. The molecule has 0 aliphatic rings. The summed E-state index contributed by atoms with van der Waals surface area (Å²) >= 11 is 1.41. The zero-order chi connectivity index (χ0) is 13.8. The minimum absolute atomic E-state index is 0.0273. The summed E-state index contributed by atoms with van der Waals surface area (Å²) in [5.74, 6) is 0.320. The lowest BCUT2D eigenvalue weighted by molar-refractivity contribution is -0.113. The molecule has 0 spiro atoms. The van der Waals surface area contributed by atoms with Crippen molar-refractivity contribution in [3.8, 4) is 0 Å². The lowest BCUT2D eigenvalue weighted by Crippen LogP contribution is -2.14. The first-order valence-corrected chi connectivity index (χ1v) is 7.05. The minimum atomic E-state index is -0.0273. The first-order valence-electron chi connectivity index (χ1n) is 6.07. The lowest BCUT2D eigenvalue weighted by atomic mass is 10.2. The van der Waals surface area contributed by atoms with Crippen LogP contribution in [0.4, 0.5) is 5.69 Å². The van der Waals surface area contributed by atoms with Gasteiger partial charge in [-0.05, 0) is 32.9 Å². The normalized spacial score (nSPS) is 10.5. The van der Waals surface area contributed by atoms with Gasteiger partial charge in [0.05, 0.1) is 11.4 Å². The van der Waals surface area contributed by atoms with Gasteiger partial charge in [0.15, 0.2) is 5.16 Å². The maximum atomic E-state index is 11.8. The van der Waals surface area contributed by atoms with Crippen molar-refractivity contribution in [2.75, 3.05) is 11.1 Å². The predicted molar refractivity (Wildman–Crippen MR) is 78.6 cm³/mol. The molecule has 4 nitrogen and oxygen atoms in total. The lowest BCUT2D eigenvalue weighted by Gasteiger charge is -2.04. The van der Waals surface area contributed by atoms with Gasteiger partial charge in [0, 0.05) is 11.4 Å². The van der Waals surface area contributed by atoms with Crippen molar-refractivity contribution in [2.45, 2.75) is 25.9 Å². The number of carbonyl (C=O) groups excluding carboxylic acids is 1. The van der Waals surface area contributed by atoms with Crippen LogP contribution in [0.15, 0.2) is 29.4 Å². The molecule has 1 aromatic heterocycles. The number of benzene rings is 1. The maximum Gasteiger partial charge on any atom is 0.234 e. The van der Waals surface area contributed by atoms with Gasteiger partial charge in [-0.15, -0.1) is 0 Å². The summed E-state index contributed by atoms with van der Waals surface area (Å²) < 4.78 is 0. The smallest absolute Gasteiger partial charge is 0.234 e. The van der Waals surface area contributed by atoms with Gasteiger partial charge >= 0.3 is 0 Å². The van der Waals surface area contributed by atoms with Crippen molar-refractivity contribution in [1.29, 1.82) is 0 Å². The first kappa shape index (κ1) is 13.7. The fourth-order valence-corrected chi connectivity index (χ4v) is 2.32. The highest BCUT2D eigenvalue weighted by molar-refractivity contribution is 7.99. The van der Waals surface area contributed by atoms with Gasteiger partial charge in [0.2, 0.25) is 5.91 Å². The second-order valence-electron chi connectivity index (χ2n) is 4.46. The Hall–Kier alpha value is -1.75. The number of rotatable bonds is 4. The molecule has 0 saturated carbocycles. The maximum absolute atomic E-state index is 11.8. The Kier molecular flexibility index (Phi) is 4.27. The van der Waals surface area contributed by atoms with E-state index in [1.165, 1.54) is 17.3 Å². The van der Waals surface area contributed by atoms with Crippen molar-refractivity contribution < 1.29 is 4.79 Å². The number of aryl methyl sites for hydroxylation is 3. The molecular weight excluding hydrogens is 258 g/mol. The average molecular weight is 275 g/mol. The van der Waals surface area contributed by atoms with Crippen LogP contribution in [-0.2, 0) is 4.79 Å². The SMILES string of the molecule is Cc1ccc(NC(=O)CSc2nc(C)c(C)[nH]2)cc1. The number of nitrogens with one attached hydrogen (secondary N) is 2. The molecule has 1 heterocycles. The van der Waals surface area contributed by atoms with E-state index in [0.29, 0.717) is 5.75 Å². The topological polar surface area (TPSA) is 57.8 Å². The Balaban J connectivity index is 1.86. The fourth-order valence-electron chi connectivity index (χ4n) is 1.55. The fraction of sp³-hybridized carbons (Fsp3) is 0.286. The van der Waals surface area contributed by atoms with Crippen LogP contribution in [0, 0.1) is 20.8 Å². The van der Waals surface area contributed by atoms with Crippen LogP contribution in [0.2, 0.25) is 0 Å². The van der Waals surface area contributed by atoms with Gasteiger partial charge in [-0.2, -0.15) is 0 Å². The highest BCUT2D eigenvalue weighted by Gasteiger charge is 2.07. The molecule has 19 heavy (non-hydrogen) atoms. The third-order valence-corrected chi connectivity index (χ3v) is 3.66. The number of nitrogens with zero attached hydrogens (tertiary/aromatic N) is 1. The molecule has 0 radical (unpaired) electrons. The number of carbonyl (C=O) groups is 1. The number of hydrogen-bond acceptors (Lipinski definition) is 3. The Morgan fingerprint density at radius 1 is 1.26 bits per heavy atom. The molecule has 0 fully saturated rings. The molecule has 5 heteroatoms. The summed E-state index contributed by atoms with van der Waals surface area (Å²) in [6.07, 6.45) is 0. The van der Waals surface area contributed by atoms with Crippen LogP contribution in [0.3, 0.4) is 0 Å². The van der Waals surface area contributed by atoms with E-state index in [2.05, 4.69) is 15.3 Å². The van der Waals surface area contributed by atoms with Gasteiger partial charge in [-0.1, -0.05) is 29.5 Å². The molecule has 0 aliphatic carbocycles. The summed E-state index contributed by atoms with van der Waals surface area (Å²) in [6.45, 7) is 5.93. The Morgan fingerprint density at radius 2 is 1.95 bits per heavy atom. The Morgan fingerprint density at radius 3 is 2.53 bits per heavy atom. The average Bonchev–Trinajstić information content (AvgIpc) is 2.69. The molecule has 2 N–H and O–H groups in total. The Labute approximate surface area is 117 Å². The van der Waals surface area contributed by atoms with Crippen LogP contribution in [-0.4, -0.2) is 21.6 Å². The molecule has 100 valence electrons. The molecule has 0 saturated heterocycles. The van der Waals surface area contributed by atoms with Gasteiger partial charge in [0.1, 0.15) is 0 Å². The second kappa shape index (κ2) is 5.93. The summed E-state index contributed by atoms with van der Waals surface area (Å²) in [5, 5.41) is 3.65. The molecule has 2 rings (SSSR count). The van der Waals surface area contributed by atoms with E-state index in [4.69, 9.17) is 0 Å². The number of amides is 1. The molecule has 1 amide bonds. The van der Waals surface area contributed by atoms with E-state index in [1.807, 2.05) is 45.0 Å². The number of hydrogen-bond donors (Lipinski definition) is 2. The Bertz CT molecular complexity index is 555. The highest BCUT2D eigenvalue weighted by Crippen LogP contribution is 2.16. The number of imidazole rings is 1. The van der Waals surface area contributed by atoms with E-state index < -0.39 is 0 Å². The largest absolute Gasteiger partial charge is 0.337 e. The third-order valence-electron chi connectivity index (χ3n) is 2.78. The number of aromatic amines is 1. The zero-order valence-corrected chi connectivity index (χ0v) is 12.1. The van der Waals surface area contributed by atoms with Gasteiger partial charge in [0.25, 0.3) is 0 Å². The number of anilines is 1. The summed E-state index contributed by atoms with van der Waals surface area (Å²) in [6, 6.07) is 7.75. The zero-order valence-electron chi connectivity index (χ0n) is 11.3. The van der Waals surface area contributed by atoms with E-state index >= 15 is 0 Å². The van der Waals surface area contributed by atoms with E-state index in [0.717, 1.165) is 22.2 Å². The van der Waals surface area contributed by atoms with E-state index in [-0.39, 0.29) is 5.91 Å². The monoisotopic (exact) mass is 275 g/mol. The van der Waals surface area contributed by atoms with Crippen molar-refractivity contribution in [1.82, 2.24) is 9.97 Å². The van der Waals surface area contributed by atoms with Crippen molar-refractivity contribution in [2.24, 2.45) is 0 Å². The van der Waals surface area contributed by atoms with Crippen LogP contribution in [0.1, 0.15) is 17.0 Å². The summed E-state index contributed by atoms with van der Waals surface area (Å²) in [4.78, 5) is 19.3. The highest BCUT2D eigenvalue weighted by atomic mass is 32.2. The number of thioether (sulfide) groups is 1. The molecule has 0 atom stereocenters. The van der Waals surface area contributed by atoms with Crippen molar-refractivity contribution >= 4 is 23.4 Å². The standard InChI is InChI=1S/C14H17N3OS/c1-9-4-6-12(7-5-9)17-13(18)8-19-14-15-10(2)11(3)16-14/h4-7H,8H2,1-3H3,(H,15,16)(H,17,18). The second-order valence-corrected chi connectivity index (χ2v) is 5.42. The van der Waals surface area contributed by atoms with Crippen molar-refractivity contribution in [3.63, 3.8) is 0 Å². The molecule has 0 unspecified atom stereocenters. The van der Waals surface area contributed by atoms with Gasteiger partial charge < -0.3 is 10.3 Å². The first-order chi connectivity index (χ1) is 9.04. The van der Waals surface area contributed by atoms with Gasteiger partial charge in [-0.25, -0.2) is 4.98 Å². The number of H-pyrrole nitrogens is 1. The van der Waals surface area contributed by atoms with Crippen LogP contribution in [0.25, 0.3) is 0 Å². The predicted octanol–water partition coefficient (Wildman–Crippen LogP) is 3.07. The molecule has 0 aliphatic heterocycles. The molecule has 1 aromatic carbocycles.